The monoisotopic (exact) mass is 291 g/mol. The topological polar surface area (TPSA) is 35.2 Å². The summed E-state index contributed by atoms with van der Waals surface area (Å²) in [5, 5.41) is 0. The van der Waals surface area contributed by atoms with Crippen molar-refractivity contribution in [1.29, 1.82) is 0 Å². The van der Waals surface area contributed by atoms with Crippen LogP contribution in [0.15, 0.2) is 42.5 Å². The van der Waals surface area contributed by atoms with Crippen LogP contribution in [-0.2, 0) is 6.42 Å². The summed E-state index contributed by atoms with van der Waals surface area (Å²) in [6.45, 7) is 1.20. The van der Waals surface area contributed by atoms with Gasteiger partial charge in [-0.1, -0.05) is 47.5 Å². The van der Waals surface area contributed by atoms with E-state index in [2.05, 4.69) is 22.9 Å². The number of alkyl halides is 2. The molecule has 4 heteroatoms. The summed E-state index contributed by atoms with van der Waals surface area (Å²) in [5.41, 5.74) is 10.2. The maximum atomic E-state index is 12.4. The fraction of sp³-hybridized carbons (Fsp3) is 0.294. The van der Waals surface area contributed by atoms with Crippen molar-refractivity contribution in [3.63, 3.8) is 0 Å². The number of ether oxygens (including phenoxy) is 1. The van der Waals surface area contributed by atoms with Crippen molar-refractivity contribution < 1.29 is 13.5 Å². The van der Waals surface area contributed by atoms with Gasteiger partial charge in [-0.2, -0.15) is 8.78 Å². The first-order valence-electron chi connectivity index (χ1n) is 6.82. The Kier molecular flexibility index (Phi) is 4.91. The number of hydrogen-bond donors (Lipinski definition) is 1. The van der Waals surface area contributed by atoms with E-state index in [1.807, 2.05) is 13.8 Å². The van der Waals surface area contributed by atoms with Crippen LogP contribution in [0.2, 0.25) is 0 Å². The molecule has 2 N–H and O–H groups in total. The van der Waals surface area contributed by atoms with E-state index >= 15 is 0 Å². The van der Waals surface area contributed by atoms with Gasteiger partial charge in [0.1, 0.15) is 5.75 Å². The maximum absolute atomic E-state index is 12.4. The fourth-order valence-corrected chi connectivity index (χ4v) is 2.54. The van der Waals surface area contributed by atoms with Crippen LogP contribution in [0, 0.1) is 13.8 Å². The first-order chi connectivity index (χ1) is 9.95. The van der Waals surface area contributed by atoms with E-state index in [9.17, 15) is 8.78 Å². The molecule has 0 spiro atoms. The first-order valence-corrected chi connectivity index (χ1v) is 6.82. The van der Waals surface area contributed by atoms with Gasteiger partial charge in [0, 0.05) is 11.6 Å². The molecule has 112 valence electrons. The molecule has 1 atom stereocenters. The second-order valence-electron chi connectivity index (χ2n) is 5.22. The summed E-state index contributed by atoms with van der Waals surface area (Å²) in [7, 11) is 0. The van der Waals surface area contributed by atoms with E-state index < -0.39 is 6.61 Å². The van der Waals surface area contributed by atoms with Crippen molar-refractivity contribution in [3.8, 4) is 5.75 Å². The SMILES string of the molecule is Cc1cc(C)cc(CC(N)c2ccccc2OC(F)F)c1. The first kappa shape index (κ1) is 15.4. The molecule has 0 saturated carbocycles. The Labute approximate surface area is 123 Å². The molecule has 0 aliphatic carbocycles. The van der Waals surface area contributed by atoms with Crippen LogP contribution < -0.4 is 10.5 Å². The molecule has 0 amide bonds. The number of nitrogens with two attached hydrogens (primary N) is 1. The van der Waals surface area contributed by atoms with Crippen LogP contribution in [0.5, 0.6) is 5.75 Å². The van der Waals surface area contributed by atoms with Gasteiger partial charge >= 0.3 is 6.61 Å². The Balaban J connectivity index is 2.22. The van der Waals surface area contributed by atoms with Crippen LogP contribution in [0.25, 0.3) is 0 Å². The van der Waals surface area contributed by atoms with Gasteiger partial charge in [-0.15, -0.1) is 0 Å². The average molecular weight is 291 g/mol. The molecular weight excluding hydrogens is 272 g/mol. The molecule has 0 aromatic heterocycles. The molecule has 0 saturated heterocycles. The van der Waals surface area contributed by atoms with E-state index in [-0.39, 0.29) is 11.8 Å². The van der Waals surface area contributed by atoms with Crippen molar-refractivity contribution in [2.45, 2.75) is 32.9 Å². The average Bonchev–Trinajstić information content (AvgIpc) is 2.37. The number of para-hydroxylation sites is 1. The summed E-state index contributed by atoms with van der Waals surface area (Å²) in [4.78, 5) is 0. The van der Waals surface area contributed by atoms with Crippen molar-refractivity contribution in [3.05, 3.63) is 64.7 Å². The minimum absolute atomic E-state index is 0.143. The third kappa shape index (κ3) is 4.26. The van der Waals surface area contributed by atoms with Gasteiger partial charge in [-0.25, -0.2) is 0 Å². The molecule has 2 rings (SSSR count). The fourth-order valence-electron chi connectivity index (χ4n) is 2.54. The highest BCUT2D eigenvalue weighted by Gasteiger charge is 2.15. The molecule has 2 nitrogen and oxygen atoms in total. The Bertz CT molecular complexity index is 593. The molecule has 2 aromatic rings. The predicted molar refractivity (Wildman–Crippen MR) is 79.6 cm³/mol. The molecule has 0 bridgehead atoms. The van der Waals surface area contributed by atoms with Crippen LogP contribution in [-0.4, -0.2) is 6.61 Å². The lowest BCUT2D eigenvalue weighted by molar-refractivity contribution is -0.0506. The largest absolute Gasteiger partial charge is 0.434 e. The van der Waals surface area contributed by atoms with E-state index in [0.717, 1.165) is 16.7 Å². The van der Waals surface area contributed by atoms with Crippen LogP contribution >= 0.6 is 0 Å². The normalized spacial score (nSPS) is 12.5. The molecular formula is C17H19F2NO. The van der Waals surface area contributed by atoms with Gasteiger partial charge in [-0.05, 0) is 31.9 Å². The Morgan fingerprint density at radius 1 is 1.05 bits per heavy atom. The highest BCUT2D eigenvalue weighted by Crippen LogP contribution is 2.27. The third-order valence-electron chi connectivity index (χ3n) is 3.27. The van der Waals surface area contributed by atoms with Gasteiger partial charge in [0.15, 0.2) is 0 Å². The number of aryl methyl sites for hydroxylation is 2. The molecule has 0 aliphatic rings. The molecule has 0 heterocycles. The van der Waals surface area contributed by atoms with Gasteiger partial charge in [-0.3, -0.25) is 0 Å². The second kappa shape index (κ2) is 6.68. The highest BCUT2D eigenvalue weighted by molar-refractivity contribution is 5.37. The quantitative estimate of drug-likeness (QED) is 0.898. The van der Waals surface area contributed by atoms with E-state index in [1.54, 1.807) is 18.2 Å². The Hall–Kier alpha value is -1.94. The summed E-state index contributed by atoms with van der Waals surface area (Å²) >= 11 is 0. The number of benzene rings is 2. The summed E-state index contributed by atoms with van der Waals surface area (Å²) < 4.78 is 29.4. The van der Waals surface area contributed by atoms with Crippen molar-refractivity contribution in [2.75, 3.05) is 0 Å². The number of rotatable bonds is 5. The Morgan fingerprint density at radius 2 is 1.67 bits per heavy atom. The van der Waals surface area contributed by atoms with Crippen LogP contribution in [0.1, 0.15) is 28.3 Å². The molecule has 0 fully saturated rings. The summed E-state index contributed by atoms with van der Waals surface area (Å²) in [5.74, 6) is 0.143. The van der Waals surface area contributed by atoms with Crippen molar-refractivity contribution in [1.82, 2.24) is 0 Å². The molecule has 21 heavy (non-hydrogen) atoms. The minimum atomic E-state index is -2.85. The predicted octanol–water partition coefficient (Wildman–Crippen LogP) is 4.15. The minimum Gasteiger partial charge on any atom is -0.434 e. The summed E-state index contributed by atoms with van der Waals surface area (Å²) in [6, 6.07) is 12.5. The molecule has 2 aromatic carbocycles. The van der Waals surface area contributed by atoms with Crippen LogP contribution in [0.4, 0.5) is 8.78 Å². The van der Waals surface area contributed by atoms with Crippen molar-refractivity contribution >= 4 is 0 Å². The zero-order chi connectivity index (χ0) is 15.4. The molecule has 0 aliphatic heterocycles. The zero-order valence-electron chi connectivity index (χ0n) is 12.1. The lowest BCUT2D eigenvalue weighted by Gasteiger charge is -2.17. The van der Waals surface area contributed by atoms with Crippen LogP contribution in [0.3, 0.4) is 0 Å². The smallest absolute Gasteiger partial charge is 0.387 e. The molecule has 1 unspecified atom stereocenters. The van der Waals surface area contributed by atoms with E-state index in [4.69, 9.17) is 5.73 Å². The number of hydrogen-bond acceptors (Lipinski definition) is 2. The third-order valence-corrected chi connectivity index (χ3v) is 3.27. The van der Waals surface area contributed by atoms with Gasteiger partial charge < -0.3 is 10.5 Å². The van der Waals surface area contributed by atoms with Gasteiger partial charge in [0.05, 0.1) is 0 Å². The van der Waals surface area contributed by atoms with E-state index in [1.165, 1.54) is 6.07 Å². The summed E-state index contributed by atoms with van der Waals surface area (Å²) in [6.07, 6.45) is 0.576. The standard InChI is InChI=1S/C17H19F2NO/c1-11-7-12(2)9-13(8-11)10-15(20)14-5-3-4-6-16(14)21-17(18)19/h3-9,15,17H,10,20H2,1-2H3. The lowest BCUT2D eigenvalue weighted by Crippen LogP contribution is -2.16. The zero-order valence-corrected chi connectivity index (χ0v) is 12.1. The van der Waals surface area contributed by atoms with Gasteiger partial charge in [0.2, 0.25) is 0 Å². The lowest BCUT2D eigenvalue weighted by atomic mass is 9.96. The number of halogens is 2. The Morgan fingerprint density at radius 3 is 2.29 bits per heavy atom. The van der Waals surface area contributed by atoms with E-state index in [0.29, 0.717) is 12.0 Å². The van der Waals surface area contributed by atoms with Crippen molar-refractivity contribution in [2.24, 2.45) is 5.73 Å². The second-order valence-corrected chi connectivity index (χ2v) is 5.22. The molecule has 0 radical (unpaired) electrons. The van der Waals surface area contributed by atoms with Gasteiger partial charge in [0.25, 0.3) is 0 Å². The maximum Gasteiger partial charge on any atom is 0.387 e. The highest BCUT2D eigenvalue weighted by atomic mass is 19.3.